The molecule has 17 heavy (non-hydrogen) atoms. The van der Waals surface area contributed by atoms with Gasteiger partial charge in [0.25, 0.3) is 0 Å². The summed E-state index contributed by atoms with van der Waals surface area (Å²) in [5.41, 5.74) is -1.21. The molecule has 90 valence electrons. The maximum atomic E-state index is 12.4. The molecule has 8 heteroatoms. The molecule has 0 aromatic carbocycles. The Labute approximate surface area is 98.3 Å². The van der Waals surface area contributed by atoms with Gasteiger partial charge in [-0.2, -0.15) is 23.0 Å². The van der Waals surface area contributed by atoms with Crippen molar-refractivity contribution in [3.8, 4) is 11.7 Å². The smallest absolute Gasteiger partial charge is 0.435 e. The van der Waals surface area contributed by atoms with Crippen molar-refractivity contribution >= 4 is 11.6 Å². The molecule has 0 spiro atoms. The van der Waals surface area contributed by atoms with E-state index in [1.807, 2.05) is 0 Å². The van der Waals surface area contributed by atoms with Gasteiger partial charge in [0, 0.05) is 12.3 Å². The molecule has 0 aliphatic heterocycles. The molecule has 2 heterocycles. The first-order chi connectivity index (χ1) is 7.89. The van der Waals surface area contributed by atoms with Gasteiger partial charge in [0.1, 0.15) is 0 Å². The number of aromatic nitrogens is 3. The van der Waals surface area contributed by atoms with Gasteiger partial charge >= 0.3 is 6.18 Å². The Hall–Kier alpha value is -1.76. The van der Waals surface area contributed by atoms with Crippen LogP contribution in [0.1, 0.15) is 5.69 Å². The highest BCUT2D eigenvalue weighted by atomic mass is 35.5. The molecular weight excluding hydrogens is 259 g/mol. The Morgan fingerprint density at radius 3 is 2.59 bits per heavy atom. The first-order valence-corrected chi connectivity index (χ1v) is 4.74. The van der Waals surface area contributed by atoms with E-state index in [9.17, 15) is 18.3 Å². The van der Waals surface area contributed by atoms with E-state index in [0.29, 0.717) is 10.7 Å². The van der Waals surface area contributed by atoms with Gasteiger partial charge < -0.3 is 5.11 Å². The molecule has 4 nitrogen and oxygen atoms in total. The molecule has 0 fully saturated rings. The monoisotopic (exact) mass is 263 g/mol. The van der Waals surface area contributed by atoms with Crippen molar-refractivity contribution in [3.63, 3.8) is 0 Å². The van der Waals surface area contributed by atoms with Gasteiger partial charge in [-0.3, -0.25) is 0 Å². The topological polar surface area (TPSA) is 50.9 Å². The molecule has 0 radical (unpaired) electrons. The van der Waals surface area contributed by atoms with Gasteiger partial charge in [0.15, 0.2) is 11.5 Å². The first kappa shape index (κ1) is 11.7. The van der Waals surface area contributed by atoms with Crippen molar-refractivity contribution in [2.24, 2.45) is 0 Å². The minimum absolute atomic E-state index is 0.0674. The van der Waals surface area contributed by atoms with Crippen molar-refractivity contribution in [1.82, 2.24) is 14.8 Å². The van der Waals surface area contributed by atoms with Crippen LogP contribution in [-0.2, 0) is 6.18 Å². The first-order valence-electron chi connectivity index (χ1n) is 4.36. The lowest BCUT2D eigenvalue weighted by atomic mass is 10.4. The SMILES string of the molecule is Oc1cc(C(F)(F)F)nn1-c1ncccc1Cl. The summed E-state index contributed by atoms with van der Waals surface area (Å²) < 4.78 is 37.7. The zero-order valence-corrected chi connectivity index (χ0v) is 8.87. The molecule has 2 aromatic heterocycles. The third-order valence-corrected chi connectivity index (χ3v) is 2.22. The number of halogens is 4. The zero-order chi connectivity index (χ0) is 12.6. The van der Waals surface area contributed by atoms with E-state index in [1.54, 1.807) is 0 Å². The van der Waals surface area contributed by atoms with Gasteiger partial charge in [-0.15, -0.1) is 0 Å². The highest BCUT2D eigenvalue weighted by Crippen LogP contribution is 2.32. The Morgan fingerprint density at radius 1 is 1.35 bits per heavy atom. The molecule has 0 saturated carbocycles. The fourth-order valence-corrected chi connectivity index (χ4v) is 1.40. The highest BCUT2D eigenvalue weighted by molar-refractivity contribution is 6.32. The second-order valence-corrected chi connectivity index (χ2v) is 3.51. The van der Waals surface area contributed by atoms with Crippen LogP contribution in [0.5, 0.6) is 5.88 Å². The standard InChI is InChI=1S/C9H5ClF3N3O/c10-5-2-1-3-14-8(5)16-7(17)4-6(15-16)9(11,12)13/h1-4,17H. The van der Waals surface area contributed by atoms with E-state index in [2.05, 4.69) is 10.1 Å². The van der Waals surface area contributed by atoms with Gasteiger partial charge in [-0.05, 0) is 12.1 Å². The van der Waals surface area contributed by atoms with Crippen LogP contribution >= 0.6 is 11.6 Å². The normalized spacial score (nSPS) is 11.8. The largest absolute Gasteiger partial charge is 0.493 e. The molecule has 1 N–H and O–H groups in total. The Morgan fingerprint density at radius 2 is 2.06 bits per heavy atom. The minimum atomic E-state index is -4.63. The molecular formula is C9H5ClF3N3O. The number of alkyl halides is 3. The number of nitrogens with zero attached hydrogens (tertiary/aromatic N) is 3. The van der Waals surface area contributed by atoms with Crippen LogP contribution in [0.2, 0.25) is 5.02 Å². The van der Waals surface area contributed by atoms with Gasteiger partial charge in [0.05, 0.1) is 5.02 Å². The summed E-state index contributed by atoms with van der Waals surface area (Å²) in [6.07, 6.45) is -3.31. The molecule has 0 bridgehead atoms. The molecule has 0 saturated heterocycles. The van der Waals surface area contributed by atoms with Crippen LogP contribution in [0.3, 0.4) is 0 Å². The van der Waals surface area contributed by atoms with E-state index in [-0.39, 0.29) is 10.8 Å². The van der Waals surface area contributed by atoms with Crippen LogP contribution in [0.4, 0.5) is 13.2 Å². The number of aromatic hydroxyl groups is 1. The molecule has 0 amide bonds. The van der Waals surface area contributed by atoms with Crippen molar-refractivity contribution in [1.29, 1.82) is 0 Å². The van der Waals surface area contributed by atoms with E-state index in [4.69, 9.17) is 11.6 Å². The van der Waals surface area contributed by atoms with Gasteiger partial charge in [-0.25, -0.2) is 4.98 Å². The number of hydrogen-bond acceptors (Lipinski definition) is 3. The predicted molar refractivity (Wildman–Crippen MR) is 53.0 cm³/mol. The summed E-state index contributed by atoms with van der Waals surface area (Å²) in [5, 5.41) is 12.7. The van der Waals surface area contributed by atoms with E-state index in [1.165, 1.54) is 18.3 Å². The molecule has 0 aliphatic carbocycles. The minimum Gasteiger partial charge on any atom is -0.493 e. The Bertz CT molecular complexity index is 553. The van der Waals surface area contributed by atoms with Crippen LogP contribution in [0.15, 0.2) is 24.4 Å². The van der Waals surface area contributed by atoms with Crippen LogP contribution < -0.4 is 0 Å². The number of rotatable bonds is 1. The van der Waals surface area contributed by atoms with Crippen molar-refractivity contribution in [2.45, 2.75) is 6.18 Å². The summed E-state index contributed by atoms with van der Waals surface area (Å²) in [6.45, 7) is 0. The number of hydrogen-bond donors (Lipinski definition) is 1. The Balaban J connectivity index is 2.55. The van der Waals surface area contributed by atoms with Crippen LogP contribution in [0.25, 0.3) is 5.82 Å². The third kappa shape index (κ3) is 2.19. The lowest BCUT2D eigenvalue weighted by Crippen LogP contribution is -2.08. The second kappa shape index (κ2) is 3.92. The summed E-state index contributed by atoms with van der Waals surface area (Å²) in [7, 11) is 0. The quantitative estimate of drug-likeness (QED) is 0.860. The van der Waals surface area contributed by atoms with E-state index < -0.39 is 17.8 Å². The van der Waals surface area contributed by atoms with Crippen molar-refractivity contribution in [2.75, 3.05) is 0 Å². The lowest BCUT2D eigenvalue weighted by Gasteiger charge is -2.03. The average molecular weight is 264 g/mol. The molecule has 2 rings (SSSR count). The fraction of sp³-hybridized carbons (Fsp3) is 0.111. The fourth-order valence-electron chi connectivity index (χ4n) is 1.20. The number of pyridine rings is 1. The molecule has 0 unspecified atom stereocenters. The van der Waals surface area contributed by atoms with Crippen LogP contribution in [0, 0.1) is 0 Å². The second-order valence-electron chi connectivity index (χ2n) is 3.11. The summed E-state index contributed by atoms with van der Waals surface area (Å²) in [4.78, 5) is 3.75. The van der Waals surface area contributed by atoms with Crippen molar-refractivity contribution < 1.29 is 18.3 Å². The third-order valence-electron chi connectivity index (χ3n) is 1.92. The molecule has 0 atom stereocenters. The van der Waals surface area contributed by atoms with Crippen LogP contribution in [-0.4, -0.2) is 19.9 Å². The molecule has 0 aliphatic rings. The molecule has 2 aromatic rings. The summed E-state index contributed by atoms with van der Waals surface area (Å²) in [5.74, 6) is -0.750. The maximum absolute atomic E-state index is 12.4. The summed E-state index contributed by atoms with van der Waals surface area (Å²) >= 11 is 5.74. The van der Waals surface area contributed by atoms with Gasteiger partial charge in [0.2, 0.25) is 5.88 Å². The van der Waals surface area contributed by atoms with Gasteiger partial charge in [-0.1, -0.05) is 11.6 Å². The van der Waals surface area contributed by atoms with E-state index in [0.717, 1.165) is 0 Å². The lowest BCUT2D eigenvalue weighted by molar-refractivity contribution is -0.141. The van der Waals surface area contributed by atoms with Crippen molar-refractivity contribution in [3.05, 3.63) is 35.1 Å². The summed E-state index contributed by atoms with van der Waals surface area (Å²) in [6, 6.07) is 3.44. The zero-order valence-electron chi connectivity index (χ0n) is 8.11. The van der Waals surface area contributed by atoms with E-state index >= 15 is 0 Å². The average Bonchev–Trinajstić information content (AvgIpc) is 2.61. The maximum Gasteiger partial charge on any atom is 0.435 e. The predicted octanol–water partition coefficient (Wildman–Crippen LogP) is 2.65. The highest BCUT2D eigenvalue weighted by Gasteiger charge is 2.35. The Kier molecular flexibility index (Phi) is 2.70.